The summed E-state index contributed by atoms with van der Waals surface area (Å²) in [7, 11) is 0. The zero-order chi connectivity index (χ0) is 20.6. The van der Waals surface area contributed by atoms with Crippen molar-refractivity contribution in [2.24, 2.45) is 0 Å². The summed E-state index contributed by atoms with van der Waals surface area (Å²) in [5.74, 6) is -0.416. The van der Waals surface area contributed by atoms with Gasteiger partial charge in [-0.3, -0.25) is 10.1 Å². The average Bonchev–Trinajstić information content (AvgIpc) is 2.74. The van der Waals surface area contributed by atoms with Crippen LogP contribution in [0.5, 0.6) is 0 Å². The molecule has 0 aliphatic rings. The highest BCUT2D eigenvalue weighted by Gasteiger charge is 2.22. The van der Waals surface area contributed by atoms with Crippen LogP contribution in [0.15, 0.2) is 78.9 Å². The van der Waals surface area contributed by atoms with Crippen molar-refractivity contribution in [1.29, 1.82) is 0 Å². The second-order valence-corrected chi connectivity index (χ2v) is 6.79. The minimum atomic E-state index is -0.677. The predicted molar refractivity (Wildman–Crippen MR) is 112 cm³/mol. The number of nitro groups is 1. The Labute approximate surface area is 169 Å². The van der Waals surface area contributed by atoms with Gasteiger partial charge in [0.15, 0.2) is 0 Å². The highest BCUT2D eigenvalue weighted by atomic mass is 16.6. The summed E-state index contributed by atoms with van der Waals surface area (Å²) in [4.78, 5) is 23.4. The molecule has 0 aliphatic carbocycles. The first kappa shape index (κ1) is 20.1. The molecule has 3 aromatic rings. The fraction of sp³-hybridized carbons (Fsp3) is 0.174. The number of carbonyl (C=O) groups is 1. The van der Waals surface area contributed by atoms with Crippen LogP contribution in [0.4, 0.5) is 11.4 Å². The number of hydrogen-bond donors (Lipinski definition) is 1. The number of anilines is 1. The van der Waals surface area contributed by atoms with Crippen LogP contribution in [0.1, 0.15) is 16.7 Å². The fourth-order valence-electron chi connectivity index (χ4n) is 2.91. The number of ether oxygens (including phenoxy) is 1. The molecule has 0 aliphatic heterocycles. The minimum Gasteiger partial charge on any atom is -0.459 e. The Morgan fingerprint density at radius 1 is 1.00 bits per heavy atom. The van der Waals surface area contributed by atoms with Gasteiger partial charge in [0.1, 0.15) is 12.6 Å². The third-order valence-corrected chi connectivity index (χ3v) is 4.46. The maximum absolute atomic E-state index is 12.8. The summed E-state index contributed by atoms with van der Waals surface area (Å²) in [6, 6.07) is 22.7. The lowest BCUT2D eigenvalue weighted by Crippen LogP contribution is -2.33. The van der Waals surface area contributed by atoms with Crippen LogP contribution in [0.25, 0.3) is 0 Å². The Bertz CT molecular complexity index is 972. The van der Waals surface area contributed by atoms with Crippen molar-refractivity contribution < 1.29 is 14.5 Å². The van der Waals surface area contributed by atoms with Crippen molar-refractivity contribution in [3.05, 3.63) is 106 Å². The Hall–Kier alpha value is -3.67. The molecule has 0 spiro atoms. The van der Waals surface area contributed by atoms with Gasteiger partial charge in [-0.25, -0.2) is 4.79 Å². The Morgan fingerprint density at radius 2 is 1.69 bits per heavy atom. The van der Waals surface area contributed by atoms with E-state index in [2.05, 4.69) is 5.32 Å². The van der Waals surface area contributed by atoms with E-state index in [0.29, 0.717) is 5.56 Å². The number of non-ortho nitro benzene ring substituents is 1. The van der Waals surface area contributed by atoms with Crippen molar-refractivity contribution in [2.75, 3.05) is 5.32 Å². The molecule has 0 aromatic heterocycles. The van der Waals surface area contributed by atoms with Crippen molar-refractivity contribution in [3.8, 4) is 0 Å². The summed E-state index contributed by atoms with van der Waals surface area (Å²) in [6.45, 7) is 2.15. The van der Waals surface area contributed by atoms with Crippen LogP contribution < -0.4 is 5.32 Å². The van der Waals surface area contributed by atoms with E-state index in [-0.39, 0.29) is 18.7 Å². The average molecular weight is 390 g/mol. The first-order valence-corrected chi connectivity index (χ1v) is 9.28. The molecule has 6 heteroatoms. The molecule has 148 valence electrons. The van der Waals surface area contributed by atoms with Gasteiger partial charge >= 0.3 is 5.97 Å². The third-order valence-electron chi connectivity index (χ3n) is 4.46. The van der Waals surface area contributed by atoms with Gasteiger partial charge in [-0.2, -0.15) is 0 Å². The van der Waals surface area contributed by atoms with Gasteiger partial charge in [-0.1, -0.05) is 60.2 Å². The SMILES string of the molecule is Cc1ccc(N[C@@H](Cc2cccc([N+](=O)[O-])c2)C(=O)OCc2ccccc2)cc1. The zero-order valence-corrected chi connectivity index (χ0v) is 16.1. The van der Waals surface area contributed by atoms with Crippen LogP contribution in [0.2, 0.25) is 0 Å². The van der Waals surface area contributed by atoms with E-state index in [1.54, 1.807) is 12.1 Å². The molecular formula is C23H22N2O4. The fourth-order valence-corrected chi connectivity index (χ4v) is 2.91. The lowest BCUT2D eigenvalue weighted by Gasteiger charge is -2.19. The normalized spacial score (nSPS) is 11.5. The molecule has 0 saturated carbocycles. The highest BCUT2D eigenvalue weighted by Crippen LogP contribution is 2.18. The quantitative estimate of drug-likeness (QED) is 0.343. The number of hydrogen-bond acceptors (Lipinski definition) is 5. The van der Waals surface area contributed by atoms with E-state index in [9.17, 15) is 14.9 Å². The Kier molecular flexibility index (Phi) is 6.58. The van der Waals surface area contributed by atoms with Gasteiger partial charge in [0.05, 0.1) is 4.92 Å². The summed E-state index contributed by atoms with van der Waals surface area (Å²) in [5.41, 5.74) is 3.46. The second kappa shape index (κ2) is 9.50. The van der Waals surface area contributed by atoms with Crippen LogP contribution in [0.3, 0.4) is 0 Å². The summed E-state index contributed by atoms with van der Waals surface area (Å²) < 4.78 is 5.50. The van der Waals surface area contributed by atoms with Crippen LogP contribution in [-0.2, 0) is 22.6 Å². The molecule has 3 rings (SSSR count). The van der Waals surface area contributed by atoms with Gasteiger partial charge in [-0.05, 0) is 30.2 Å². The summed E-state index contributed by atoms with van der Waals surface area (Å²) >= 11 is 0. The lowest BCUT2D eigenvalue weighted by molar-refractivity contribution is -0.384. The maximum Gasteiger partial charge on any atom is 0.329 e. The molecule has 0 fully saturated rings. The number of nitrogens with one attached hydrogen (secondary N) is 1. The van der Waals surface area contributed by atoms with Crippen molar-refractivity contribution in [3.63, 3.8) is 0 Å². The number of carbonyl (C=O) groups excluding carboxylic acids is 1. The molecule has 6 nitrogen and oxygen atoms in total. The molecule has 0 heterocycles. The summed E-state index contributed by atoms with van der Waals surface area (Å²) in [6.07, 6.45) is 0.267. The van der Waals surface area contributed by atoms with Crippen molar-refractivity contribution in [2.45, 2.75) is 26.0 Å². The number of benzene rings is 3. The first-order chi connectivity index (χ1) is 14.0. The van der Waals surface area contributed by atoms with E-state index in [0.717, 1.165) is 16.8 Å². The molecule has 0 radical (unpaired) electrons. The third kappa shape index (κ3) is 5.90. The zero-order valence-electron chi connectivity index (χ0n) is 16.1. The molecule has 3 aromatic carbocycles. The van der Waals surface area contributed by atoms with Gasteiger partial charge in [0.2, 0.25) is 0 Å². The monoisotopic (exact) mass is 390 g/mol. The van der Waals surface area contributed by atoms with E-state index in [4.69, 9.17) is 4.74 Å². The topological polar surface area (TPSA) is 81.5 Å². The standard InChI is InChI=1S/C23H22N2O4/c1-17-10-12-20(13-11-17)24-22(15-19-8-5-9-21(14-19)25(27)28)23(26)29-16-18-6-3-2-4-7-18/h2-14,22,24H,15-16H2,1H3/t22-/m0/s1. The van der Waals surface area contributed by atoms with Gasteiger partial charge in [-0.15, -0.1) is 0 Å². The molecular weight excluding hydrogens is 368 g/mol. The molecule has 0 unspecified atom stereocenters. The summed E-state index contributed by atoms with van der Waals surface area (Å²) in [5, 5.41) is 14.2. The van der Waals surface area contributed by atoms with E-state index in [1.165, 1.54) is 12.1 Å². The van der Waals surface area contributed by atoms with Gasteiger partial charge in [0, 0.05) is 24.2 Å². The smallest absolute Gasteiger partial charge is 0.329 e. The van der Waals surface area contributed by atoms with E-state index in [1.807, 2.05) is 61.5 Å². The second-order valence-electron chi connectivity index (χ2n) is 6.79. The van der Waals surface area contributed by atoms with Crippen LogP contribution in [0, 0.1) is 17.0 Å². The first-order valence-electron chi connectivity index (χ1n) is 9.28. The van der Waals surface area contributed by atoms with E-state index < -0.39 is 16.9 Å². The largest absolute Gasteiger partial charge is 0.459 e. The number of esters is 1. The number of aryl methyl sites for hydroxylation is 1. The van der Waals surface area contributed by atoms with Crippen molar-refractivity contribution in [1.82, 2.24) is 0 Å². The molecule has 0 bridgehead atoms. The van der Waals surface area contributed by atoms with Crippen LogP contribution in [-0.4, -0.2) is 16.9 Å². The van der Waals surface area contributed by atoms with E-state index >= 15 is 0 Å². The number of nitrogens with zero attached hydrogens (tertiary/aromatic N) is 1. The van der Waals surface area contributed by atoms with Gasteiger partial charge in [0.25, 0.3) is 5.69 Å². The number of rotatable bonds is 8. The Balaban J connectivity index is 1.76. The molecule has 0 saturated heterocycles. The minimum absolute atomic E-state index is 0.00533. The van der Waals surface area contributed by atoms with Crippen LogP contribution >= 0.6 is 0 Å². The maximum atomic E-state index is 12.8. The molecule has 1 atom stereocenters. The predicted octanol–water partition coefficient (Wildman–Crippen LogP) is 4.67. The lowest BCUT2D eigenvalue weighted by atomic mass is 10.0. The molecule has 29 heavy (non-hydrogen) atoms. The highest BCUT2D eigenvalue weighted by molar-refractivity contribution is 5.79. The molecule has 0 amide bonds. The molecule has 1 N–H and O–H groups in total. The Morgan fingerprint density at radius 3 is 2.38 bits per heavy atom. The van der Waals surface area contributed by atoms with Crippen molar-refractivity contribution >= 4 is 17.3 Å². The van der Waals surface area contributed by atoms with Gasteiger partial charge < -0.3 is 10.1 Å². The number of nitro benzene ring substituents is 1.